The predicted molar refractivity (Wildman–Crippen MR) is 87.5 cm³/mol. The Morgan fingerprint density at radius 1 is 1.29 bits per heavy atom. The van der Waals surface area contributed by atoms with Crippen molar-refractivity contribution in [2.24, 2.45) is 5.73 Å². The molecule has 0 aliphatic rings. The summed E-state index contributed by atoms with van der Waals surface area (Å²) in [6, 6.07) is 9.91. The molecule has 0 saturated carbocycles. The molecule has 1 amide bonds. The van der Waals surface area contributed by atoms with Gasteiger partial charge in [-0.3, -0.25) is 4.79 Å². The first-order valence-electron chi connectivity index (χ1n) is 6.25. The molecular formula is C15H14FIN2O2. The number of carbonyl (C=O) groups is 1. The minimum atomic E-state index is -0.726. The zero-order chi connectivity index (χ0) is 15.4. The lowest BCUT2D eigenvalue weighted by Crippen LogP contribution is -2.37. The normalized spacial score (nSPS) is 12.0. The predicted octanol–water partition coefficient (Wildman–Crippen LogP) is 2.64. The Balaban J connectivity index is 2.00. The Morgan fingerprint density at radius 2 is 1.95 bits per heavy atom. The quantitative estimate of drug-likeness (QED) is 0.691. The van der Waals surface area contributed by atoms with E-state index in [1.807, 2.05) is 22.6 Å². The molecule has 0 fully saturated rings. The van der Waals surface area contributed by atoms with E-state index in [0.29, 0.717) is 15.7 Å². The summed E-state index contributed by atoms with van der Waals surface area (Å²) in [6.45, 7) is 0. The highest BCUT2D eigenvalue weighted by molar-refractivity contribution is 14.1. The molecule has 1 atom stereocenters. The van der Waals surface area contributed by atoms with E-state index in [2.05, 4.69) is 5.32 Å². The van der Waals surface area contributed by atoms with E-state index in [-0.39, 0.29) is 17.5 Å². The summed E-state index contributed by atoms with van der Waals surface area (Å²) in [5.41, 5.74) is 7.25. The molecule has 4 nitrogen and oxygen atoms in total. The monoisotopic (exact) mass is 400 g/mol. The van der Waals surface area contributed by atoms with Crippen LogP contribution in [0.1, 0.15) is 5.56 Å². The van der Waals surface area contributed by atoms with E-state index in [1.165, 1.54) is 18.2 Å². The van der Waals surface area contributed by atoms with Crippen molar-refractivity contribution in [2.45, 2.75) is 12.5 Å². The average molecular weight is 400 g/mol. The Morgan fingerprint density at radius 3 is 2.57 bits per heavy atom. The van der Waals surface area contributed by atoms with Crippen molar-refractivity contribution in [2.75, 3.05) is 5.32 Å². The van der Waals surface area contributed by atoms with Crippen LogP contribution in [0.3, 0.4) is 0 Å². The summed E-state index contributed by atoms with van der Waals surface area (Å²) in [5.74, 6) is -0.531. The van der Waals surface area contributed by atoms with E-state index in [1.54, 1.807) is 24.3 Å². The fourth-order valence-electron chi connectivity index (χ4n) is 1.79. The molecule has 2 rings (SSSR count). The summed E-state index contributed by atoms with van der Waals surface area (Å²) in [5, 5.41) is 11.9. The lowest BCUT2D eigenvalue weighted by atomic mass is 10.1. The van der Waals surface area contributed by atoms with Gasteiger partial charge in [0.25, 0.3) is 0 Å². The third-order valence-corrected chi connectivity index (χ3v) is 3.81. The van der Waals surface area contributed by atoms with Crippen molar-refractivity contribution in [1.29, 1.82) is 0 Å². The van der Waals surface area contributed by atoms with Gasteiger partial charge in [-0.1, -0.05) is 12.1 Å². The summed E-state index contributed by atoms with van der Waals surface area (Å²) >= 11 is 1.95. The van der Waals surface area contributed by atoms with Gasteiger partial charge in [-0.15, -0.1) is 0 Å². The van der Waals surface area contributed by atoms with Crippen LogP contribution in [0.5, 0.6) is 5.75 Å². The maximum atomic E-state index is 13.0. The Hall–Kier alpha value is -1.67. The largest absolute Gasteiger partial charge is 0.508 e. The first kappa shape index (κ1) is 15.7. The number of hydrogen-bond donors (Lipinski definition) is 3. The molecule has 0 aliphatic heterocycles. The third-order valence-electron chi connectivity index (χ3n) is 2.92. The van der Waals surface area contributed by atoms with Gasteiger partial charge in [0.05, 0.1) is 11.7 Å². The fourth-order valence-corrected chi connectivity index (χ4v) is 2.41. The molecule has 2 aromatic rings. The molecule has 6 heteroatoms. The molecule has 4 N–H and O–H groups in total. The Kier molecular flexibility index (Phi) is 5.13. The van der Waals surface area contributed by atoms with Gasteiger partial charge in [0.2, 0.25) is 5.91 Å². The SMILES string of the molecule is N[C@@H](Cc1ccc(O)cc1)C(=O)Nc1ccc(F)cc1I. The molecule has 0 aromatic heterocycles. The van der Waals surface area contributed by atoms with Gasteiger partial charge < -0.3 is 16.2 Å². The second kappa shape index (κ2) is 6.86. The summed E-state index contributed by atoms with van der Waals surface area (Å²) in [4.78, 5) is 12.0. The second-order valence-electron chi connectivity index (χ2n) is 4.59. The van der Waals surface area contributed by atoms with Crippen molar-refractivity contribution in [3.63, 3.8) is 0 Å². The smallest absolute Gasteiger partial charge is 0.241 e. The number of aromatic hydroxyl groups is 1. The van der Waals surface area contributed by atoms with E-state index in [4.69, 9.17) is 5.73 Å². The van der Waals surface area contributed by atoms with Crippen molar-refractivity contribution in [1.82, 2.24) is 0 Å². The first-order valence-corrected chi connectivity index (χ1v) is 7.33. The zero-order valence-corrected chi connectivity index (χ0v) is 13.2. The molecule has 2 aromatic carbocycles. The molecule has 0 bridgehead atoms. The van der Waals surface area contributed by atoms with E-state index < -0.39 is 6.04 Å². The van der Waals surface area contributed by atoms with Gasteiger partial charge in [-0.05, 0) is 64.9 Å². The minimum Gasteiger partial charge on any atom is -0.508 e. The second-order valence-corrected chi connectivity index (χ2v) is 5.75. The first-order chi connectivity index (χ1) is 9.95. The highest BCUT2D eigenvalue weighted by Crippen LogP contribution is 2.19. The lowest BCUT2D eigenvalue weighted by Gasteiger charge is -2.13. The molecule has 0 unspecified atom stereocenters. The number of phenols is 1. The number of halogens is 2. The maximum absolute atomic E-state index is 13.0. The van der Waals surface area contributed by atoms with Crippen LogP contribution in [0.4, 0.5) is 10.1 Å². The molecule has 0 spiro atoms. The van der Waals surface area contributed by atoms with Gasteiger partial charge >= 0.3 is 0 Å². The number of anilines is 1. The molecule has 0 heterocycles. The van der Waals surface area contributed by atoms with E-state index in [9.17, 15) is 14.3 Å². The summed E-state index contributed by atoms with van der Waals surface area (Å²) in [6.07, 6.45) is 0.351. The summed E-state index contributed by atoms with van der Waals surface area (Å²) < 4.78 is 13.6. The van der Waals surface area contributed by atoms with Crippen LogP contribution < -0.4 is 11.1 Å². The molecule has 0 radical (unpaired) electrons. The molecule has 0 saturated heterocycles. The van der Waals surface area contributed by atoms with Crippen LogP contribution in [-0.4, -0.2) is 17.1 Å². The number of carbonyl (C=O) groups excluding carboxylic acids is 1. The van der Waals surface area contributed by atoms with Crippen LogP contribution in [-0.2, 0) is 11.2 Å². The highest BCUT2D eigenvalue weighted by atomic mass is 127. The molecular weight excluding hydrogens is 386 g/mol. The van der Waals surface area contributed by atoms with Gasteiger partial charge in [0, 0.05) is 3.57 Å². The van der Waals surface area contributed by atoms with Crippen molar-refractivity contribution in [3.8, 4) is 5.75 Å². The fraction of sp³-hybridized carbons (Fsp3) is 0.133. The lowest BCUT2D eigenvalue weighted by molar-refractivity contribution is -0.117. The van der Waals surface area contributed by atoms with Crippen molar-refractivity contribution < 1.29 is 14.3 Å². The van der Waals surface area contributed by atoms with Gasteiger partial charge in [-0.25, -0.2) is 4.39 Å². The van der Waals surface area contributed by atoms with Crippen LogP contribution in [0.2, 0.25) is 0 Å². The number of hydrogen-bond acceptors (Lipinski definition) is 3. The van der Waals surface area contributed by atoms with Crippen molar-refractivity contribution >= 4 is 34.2 Å². The molecule has 21 heavy (non-hydrogen) atoms. The summed E-state index contributed by atoms with van der Waals surface area (Å²) in [7, 11) is 0. The van der Waals surface area contributed by atoms with Crippen LogP contribution in [0, 0.1) is 9.39 Å². The Bertz CT molecular complexity index is 647. The van der Waals surface area contributed by atoms with Gasteiger partial charge in [0.1, 0.15) is 11.6 Å². The topological polar surface area (TPSA) is 75.3 Å². The maximum Gasteiger partial charge on any atom is 0.241 e. The van der Waals surface area contributed by atoms with Crippen molar-refractivity contribution in [3.05, 3.63) is 57.4 Å². The van der Waals surface area contributed by atoms with Crippen LogP contribution in [0.15, 0.2) is 42.5 Å². The third kappa shape index (κ3) is 4.40. The number of rotatable bonds is 4. The van der Waals surface area contributed by atoms with E-state index >= 15 is 0 Å². The zero-order valence-electron chi connectivity index (χ0n) is 11.0. The van der Waals surface area contributed by atoms with Gasteiger partial charge in [-0.2, -0.15) is 0 Å². The average Bonchev–Trinajstić information content (AvgIpc) is 2.44. The number of nitrogens with two attached hydrogens (primary N) is 1. The number of benzene rings is 2. The Labute approximate surface area is 135 Å². The van der Waals surface area contributed by atoms with Crippen LogP contribution in [0.25, 0.3) is 0 Å². The number of phenolic OH excluding ortho intramolecular Hbond substituents is 1. The highest BCUT2D eigenvalue weighted by Gasteiger charge is 2.15. The number of amides is 1. The molecule has 110 valence electrons. The standard InChI is InChI=1S/C15H14FIN2O2/c16-10-3-6-14(12(17)8-10)19-15(21)13(18)7-9-1-4-11(20)5-2-9/h1-6,8,13,20H,7,18H2,(H,19,21)/t13-/m0/s1. The minimum absolute atomic E-state index is 0.164. The number of nitrogens with one attached hydrogen (secondary N) is 1. The molecule has 0 aliphatic carbocycles. The van der Waals surface area contributed by atoms with E-state index in [0.717, 1.165) is 5.56 Å². The van der Waals surface area contributed by atoms with Crippen LogP contribution >= 0.6 is 22.6 Å². The van der Waals surface area contributed by atoms with Gasteiger partial charge in [0.15, 0.2) is 0 Å².